The zero-order valence-electron chi connectivity index (χ0n) is 11.9. The zero-order chi connectivity index (χ0) is 13.1. The van der Waals surface area contributed by atoms with E-state index in [1.54, 1.807) is 11.1 Å². The average molecular weight is 259 g/mol. The molecular weight excluding hydrogens is 234 g/mol. The van der Waals surface area contributed by atoms with Crippen LogP contribution in [-0.2, 0) is 11.2 Å². The first-order chi connectivity index (χ1) is 9.40. The van der Waals surface area contributed by atoms with Gasteiger partial charge in [0.05, 0.1) is 6.61 Å². The van der Waals surface area contributed by atoms with Gasteiger partial charge in [0.2, 0.25) is 0 Å². The number of fused-ring (bicyclic) bond motifs is 1. The van der Waals surface area contributed by atoms with Crippen LogP contribution < -0.4 is 5.32 Å². The van der Waals surface area contributed by atoms with Crippen molar-refractivity contribution >= 4 is 0 Å². The van der Waals surface area contributed by atoms with E-state index in [1.807, 2.05) is 0 Å². The van der Waals surface area contributed by atoms with E-state index in [0.29, 0.717) is 17.9 Å². The Balaban J connectivity index is 1.83. The Labute approximate surface area is 116 Å². The van der Waals surface area contributed by atoms with Gasteiger partial charge in [-0.05, 0) is 62.1 Å². The van der Waals surface area contributed by atoms with Crippen LogP contribution in [0.15, 0.2) is 24.3 Å². The summed E-state index contributed by atoms with van der Waals surface area (Å²) in [5.74, 6) is 1.34. The van der Waals surface area contributed by atoms with Gasteiger partial charge in [-0.1, -0.05) is 24.3 Å². The summed E-state index contributed by atoms with van der Waals surface area (Å²) < 4.78 is 5.70. The maximum absolute atomic E-state index is 5.70. The lowest BCUT2D eigenvalue weighted by molar-refractivity contribution is 0.0349. The molecule has 1 aromatic carbocycles. The lowest BCUT2D eigenvalue weighted by Gasteiger charge is -2.38. The molecule has 1 aliphatic carbocycles. The lowest BCUT2D eigenvalue weighted by Crippen LogP contribution is -2.43. The third kappa shape index (κ3) is 2.70. The predicted octanol–water partition coefficient (Wildman–Crippen LogP) is 3.12. The number of aryl methyl sites for hydroxylation is 1. The van der Waals surface area contributed by atoms with Crippen LogP contribution in [0.1, 0.15) is 42.7 Å². The van der Waals surface area contributed by atoms with E-state index in [-0.39, 0.29) is 0 Å². The fourth-order valence-electron chi connectivity index (χ4n) is 3.98. The Kier molecular flexibility index (Phi) is 4.19. The second-order valence-corrected chi connectivity index (χ2v) is 5.99. The van der Waals surface area contributed by atoms with Gasteiger partial charge >= 0.3 is 0 Å². The van der Waals surface area contributed by atoms with Crippen molar-refractivity contribution in [3.63, 3.8) is 0 Å². The van der Waals surface area contributed by atoms with Gasteiger partial charge in [-0.25, -0.2) is 0 Å². The number of likely N-dealkylation sites (N-methyl/N-ethyl adjacent to an activating group) is 1. The minimum Gasteiger partial charge on any atom is -0.381 e. The molecule has 3 atom stereocenters. The molecule has 1 fully saturated rings. The minimum atomic E-state index is 0.571. The summed E-state index contributed by atoms with van der Waals surface area (Å²) in [6.45, 7) is 1.89. The quantitative estimate of drug-likeness (QED) is 0.900. The molecule has 0 amide bonds. The molecule has 0 saturated carbocycles. The first-order valence-electron chi connectivity index (χ1n) is 7.73. The highest BCUT2D eigenvalue weighted by Gasteiger charge is 2.33. The molecule has 2 nitrogen and oxygen atoms in total. The Morgan fingerprint density at radius 3 is 2.89 bits per heavy atom. The van der Waals surface area contributed by atoms with E-state index < -0.39 is 0 Å². The van der Waals surface area contributed by atoms with Crippen LogP contribution >= 0.6 is 0 Å². The fraction of sp³-hybridized carbons (Fsp3) is 0.647. The van der Waals surface area contributed by atoms with Gasteiger partial charge in [0.25, 0.3) is 0 Å². The highest BCUT2D eigenvalue weighted by Crippen LogP contribution is 2.37. The van der Waals surface area contributed by atoms with E-state index in [1.165, 1.54) is 32.1 Å². The molecule has 104 valence electrons. The molecule has 2 heteroatoms. The summed E-state index contributed by atoms with van der Waals surface area (Å²) in [4.78, 5) is 0. The van der Waals surface area contributed by atoms with Crippen molar-refractivity contribution in [1.82, 2.24) is 5.32 Å². The van der Waals surface area contributed by atoms with Gasteiger partial charge in [0.1, 0.15) is 0 Å². The van der Waals surface area contributed by atoms with Crippen LogP contribution in [0.3, 0.4) is 0 Å². The van der Waals surface area contributed by atoms with Gasteiger partial charge < -0.3 is 10.1 Å². The molecule has 3 rings (SSSR count). The topological polar surface area (TPSA) is 21.3 Å². The average Bonchev–Trinajstić information content (AvgIpc) is 2.49. The molecule has 2 aliphatic rings. The Bertz CT molecular complexity index is 411. The second-order valence-electron chi connectivity index (χ2n) is 5.99. The zero-order valence-corrected chi connectivity index (χ0v) is 11.9. The number of hydrogen-bond donors (Lipinski definition) is 1. The minimum absolute atomic E-state index is 0.571. The Morgan fingerprint density at radius 2 is 2.11 bits per heavy atom. The number of ether oxygens (including phenoxy) is 1. The second kappa shape index (κ2) is 6.06. The molecular formula is C17H25NO. The standard InChI is InChI=1S/C17H25NO/c1-18-17(14-8-5-11-19-12-14)16-10-4-7-13-6-2-3-9-15(13)16/h2-3,6,9,14,16-18H,4-5,7-8,10-12H2,1H3. The van der Waals surface area contributed by atoms with Crippen LogP contribution in [0.5, 0.6) is 0 Å². The summed E-state index contributed by atoms with van der Waals surface area (Å²) in [7, 11) is 2.12. The van der Waals surface area contributed by atoms with E-state index in [2.05, 4.69) is 36.6 Å². The molecule has 1 heterocycles. The number of nitrogens with one attached hydrogen (secondary N) is 1. The molecule has 19 heavy (non-hydrogen) atoms. The largest absolute Gasteiger partial charge is 0.381 e. The normalized spacial score (nSPS) is 28.7. The highest BCUT2D eigenvalue weighted by atomic mass is 16.5. The first-order valence-corrected chi connectivity index (χ1v) is 7.73. The summed E-state index contributed by atoms with van der Waals surface area (Å²) in [5, 5.41) is 3.60. The maximum atomic E-state index is 5.70. The summed E-state index contributed by atoms with van der Waals surface area (Å²) in [5.41, 5.74) is 3.15. The first kappa shape index (κ1) is 13.1. The SMILES string of the molecule is CNC(C1CCCOC1)C1CCCc2ccccc21. The van der Waals surface area contributed by atoms with Crippen LogP contribution in [0, 0.1) is 5.92 Å². The maximum Gasteiger partial charge on any atom is 0.0509 e. The number of hydrogen-bond acceptors (Lipinski definition) is 2. The third-order valence-corrected chi connectivity index (χ3v) is 4.89. The molecule has 1 aliphatic heterocycles. The fourth-order valence-corrected chi connectivity index (χ4v) is 3.98. The molecule has 1 N–H and O–H groups in total. The molecule has 0 radical (unpaired) electrons. The van der Waals surface area contributed by atoms with Gasteiger partial charge in [-0.3, -0.25) is 0 Å². The van der Waals surface area contributed by atoms with Crippen LogP contribution in [-0.4, -0.2) is 26.3 Å². The van der Waals surface area contributed by atoms with Crippen molar-refractivity contribution in [2.45, 2.75) is 44.1 Å². The van der Waals surface area contributed by atoms with Crippen molar-refractivity contribution in [3.05, 3.63) is 35.4 Å². The van der Waals surface area contributed by atoms with Gasteiger partial charge in [-0.2, -0.15) is 0 Å². The third-order valence-electron chi connectivity index (χ3n) is 4.89. The van der Waals surface area contributed by atoms with Gasteiger partial charge in [0, 0.05) is 12.6 Å². The van der Waals surface area contributed by atoms with Crippen molar-refractivity contribution in [2.24, 2.45) is 5.92 Å². The predicted molar refractivity (Wildman–Crippen MR) is 78.5 cm³/mol. The number of rotatable bonds is 3. The molecule has 1 saturated heterocycles. The van der Waals surface area contributed by atoms with E-state index in [4.69, 9.17) is 4.74 Å². The van der Waals surface area contributed by atoms with Crippen LogP contribution in [0.25, 0.3) is 0 Å². The molecule has 1 aromatic rings. The van der Waals surface area contributed by atoms with Crippen molar-refractivity contribution in [1.29, 1.82) is 0 Å². The summed E-state index contributed by atoms with van der Waals surface area (Å²) >= 11 is 0. The van der Waals surface area contributed by atoms with Gasteiger partial charge in [0.15, 0.2) is 0 Å². The van der Waals surface area contributed by atoms with E-state index >= 15 is 0 Å². The van der Waals surface area contributed by atoms with Crippen molar-refractivity contribution in [3.8, 4) is 0 Å². The lowest BCUT2D eigenvalue weighted by atomic mass is 9.74. The molecule has 0 aromatic heterocycles. The van der Waals surface area contributed by atoms with Gasteiger partial charge in [-0.15, -0.1) is 0 Å². The Hall–Kier alpha value is -0.860. The smallest absolute Gasteiger partial charge is 0.0509 e. The van der Waals surface area contributed by atoms with E-state index in [0.717, 1.165) is 13.2 Å². The van der Waals surface area contributed by atoms with Crippen LogP contribution in [0.2, 0.25) is 0 Å². The number of benzene rings is 1. The van der Waals surface area contributed by atoms with Crippen molar-refractivity contribution < 1.29 is 4.74 Å². The summed E-state index contributed by atoms with van der Waals surface area (Å²) in [6.07, 6.45) is 6.43. The molecule has 3 unspecified atom stereocenters. The summed E-state index contributed by atoms with van der Waals surface area (Å²) in [6, 6.07) is 9.60. The van der Waals surface area contributed by atoms with Crippen molar-refractivity contribution in [2.75, 3.05) is 20.3 Å². The highest BCUT2D eigenvalue weighted by molar-refractivity contribution is 5.34. The van der Waals surface area contributed by atoms with Crippen LogP contribution in [0.4, 0.5) is 0 Å². The molecule has 0 spiro atoms. The van der Waals surface area contributed by atoms with E-state index in [9.17, 15) is 0 Å². The monoisotopic (exact) mass is 259 g/mol. The molecule has 0 bridgehead atoms. The Morgan fingerprint density at radius 1 is 1.21 bits per heavy atom.